The number of nitrogens with one attached hydrogen (secondary N) is 1. The fourth-order valence-electron chi connectivity index (χ4n) is 2.30. The summed E-state index contributed by atoms with van der Waals surface area (Å²) in [6.07, 6.45) is 1.67. The van der Waals surface area contributed by atoms with Gasteiger partial charge < -0.3 is 14.5 Å². The molecule has 0 aliphatic heterocycles. The molecule has 3 rings (SSSR count). The van der Waals surface area contributed by atoms with E-state index in [2.05, 4.69) is 15.3 Å². The van der Waals surface area contributed by atoms with Gasteiger partial charge in [0.2, 0.25) is 17.5 Å². The summed E-state index contributed by atoms with van der Waals surface area (Å²) in [5.41, 5.74) is 2.73. The van der Waals surface area contributed by atoms with E-state index in [1.165, 1.54) is 7.11 Å². The van der Waals surface area contributed by atoms with Crippen molar-refractivity contribution in [1.82, 2.24) is 9.97 Å². The Hall–Kier alpha value is -3.15. The van der Waals surface area contributed by atoms with Crippen LogP contribution in [0.1, 0.15) is 21.8 Å². The molecule has 0 aliphatic rings. The number of aryl methyl sites for hydroxylation is 2. The Morgan fingerprint density at radius 3 is 2.67 bits per heavy atom. The van der Waals surface area contributed by atoms with Crippen molar-refractivity contribution < 1.29 is 13.9 Å². The first-order chi connectivity index (χ1) is 11.6. The van der Waals surface area contributed by atoms with E-state index in [1.54, 1.807) is 19.2 Å². The monoisotopic (exact) mass is 323 g/mol. The van der Waals surface area contributed by atoms with E-state index in [-0.39, 0.29) is 5.76 Å². The van der Waals surface area contributed by atoms with Crippen LogP contribution in [-0.4, -0.2) is 23.0 Å². The van der Waals surface area contributed by atoms with Crippen LogP contribution >= 0.6 is 0 Å². The number of hydrogen-bond acceptors (Lipinski definition) is 5. The normalized spacial score (nSPS) is 10.5. The summed E-state index contributed by atoms with van der Waals surface area (Å²) in [5, 5.41) is 2.76. The minimum Gasteiger partial charge on any atom is -0.480 e. The summed E-state index contributed by atoms with van der Waals surface area (Å²) in [6, 6.07) is 11.2. The van der Waals surface area contributed by atoms with Gasteiger partial charge in [0.25, 0.3) is 5.91 Å². The van der Waals surface area contributed by atoms with Crippen molar-refractivity contribution in [3.05, 3.63) is 59.6 Å². The van der Waals surface area contributed by atoms with Crippen molar-refractivity contribution in [3.8, 4) is 17.3 Å². The number of anilines is 1. The fourth-order valence-corrected chi connectivity index (χ4v) is 2.30. The zero-order chi connectivity index (χ0) is 17.1. The number of rotatable bonds is 4. The maximum absolute atomic E-state index is 12.5. The van der Waals surface area contributed by atoms with Crippen molar-refractivity contribution in [3.63, 3.8) is 0 Å². The molecular weight excluding hydrogens is 306 g/mol. The molecule has 2 aromatic heterocycles. The SMILES string of the molecule is COc1ncc(C)cc1NC(=O)c1oc(-c2ccccc2)nc1C. The van der Waals surface area contributed by atoms with E-state index in [0.717, 1.165) is 11.1 Å². The Kier molecular flexibility index (Phi) is 4.29. The van der Waals surface area contributed by atoms with Crippen molar-refractivity contribution in [2.75, 3.05) is 12.4 Å². The van der Waals surface area contributed by atoms with Crippen LogP contribution in [-0.2, 0) is 0 Å². The Bertz CT molecular complexity index is 872. The zero-order valence-corrected chi connectivity index (χ0v) is 13.7. The van der Waals surface area contributed by atoms with Crippen LogP contribution < -0.4 is 10.1 Å². The number of hydrogen-bond donors (Lipinski definition) is 1. The second-order valence-corrected chi connectivity index (χ2v) is 5.32. The average molecular weight is 323 g/mol. The van der Waals surface area contributed by atoms with Crippen LogP contribution in [0.25, 0.3) is 11.5 Å². The summed E-state index contributed by atoms with van der Waals surface area (Å²) in [5.74, 6) is 0.521. The molecule has 122 valence electrons. The lowest BCUT2D eigenvalue weighted by Gasteiger charge is -2.08. The minimum absolute atomic E-state index is 0.164. The van der Waals surface area contributed by atoms with Crippen LogP contribution in [0.5, 0.6) is 5.88 Å². The van der Waals surface area contributed by atoms with Gasteiger partial charge in [0.1, 0.15) is 5.69 Å². The molecule has 1 amide bonds. The van der Waals surface area contributed by atoms with Crippen LogP contribution in [0.2, 0.25) is 0 Å². The first kappa shape index (κ1) is 15.7. The van der Waals surface area contributed by atoms with Gasteiger partial charge in [-0.25, -0.2) is 9.97 Å². The number of ether oxygens (including phenoxy) is 1. The molecule has 2 heterocycles. The summed E-state index contributed by atoms with van der Waals surface area (Å²) in [4.78, 5) is 21.0. The second-order valence-electron chi connectivity index (χ2n) is 5.32. The van der Waals surface area contributed by atoms with E-state index in [9.17, 15) is 4.79 Å². The predicted octanol–water partition coefficient (Wildman–Crippen LogP) is 3.61. The molecular formula is C18H17N3O3. The molecule has 24 heavy (non-hydrogen) atoms. The summed E-state index contributed by atoms with van der Waals surface area (Å²) in [6.45, 7) is 3.62. The molecule has 0 unspecified atom stereocenters. The van der Waals surface area contributed by atoms with Crippen molar-refractivity contribution >= 4 is 11.6 Å². The van der Waals surface area contributed by atoms with Gasteiger partial charge in [0, 0.05) is 11.8 Å². The Balaban J connectivity index is 1.89. The highest BCUT2D eigenvalue weighted by Gasteiger charge is 2.20. The Morgan fingerprint density at radius 2 is 1.96 bits per heavy atom. The van der Waals surface area contributed by atoms with Crippen LogP contribution in [0.4, 0.5) is 5.69 Å². The molecule has 1 aromatic carbocycles. The van der Waals surface area contributed by atoms with Crippen LogP contribution in [0, 0.1) is 13.8 Å². The van der Waals surface area contributed by atoms with Crippen LogP contribution in [0.15, 0.2) is 47.0 Å². The van der Waals surface area contributed by atoms with Crippen LogP contribution in [0.3, 0.4) is 0 Å². The number of amides is 1. The summed E-state index contributed by atoms with van der Waals surface area (Å²) in [7, 11) is 1.50. The standard InChI is InChI=1S/C18H17N3O3/c1-11-9-14(18(23-3)19-10-11)21-16(22)15-12(2)20-17(24-15)13-7-5-4-6-8-13/h4-10H,1-3H3,(H,21,22). The number of methoxy groups -OCH3 is 1. The van der Waals surface area contributed by atoms with E-state index in [0.29, 0.717) is 23.2 Å². The predicted molar refractivity (Wildman–Crippen MR) is 90.2 cm³/mol. The van der Waals surface area contributed by atoms with Gasteiger partial charge in [-0.15, -0.1) is 0 Å². The number of carbonyl (C=O) groups excluding carboxylic acids is 1. The topological polar surface area (TPSA) is 77.2 Å². The van der Waals surface area contributed by atoms with E-state index < -0.39 is 5.91 Å². The molecule has 0 fully saturated rings. The van der Waals surface area contributed by atoms with E-state index in [4.69, 9.17) is 9.15 Å². The molecule has 0 atom stereocenters. The highest BCUT2D eigenvalue weighted by Crippen LogP contribution is 2.25. The molecule has 0 spiro atoms. The number of pyridine rings is 1. The zero-order valence-electron chi connectivity index (χ0n) is 13.7. The molecule has 6 nitrogen and oxygen atoms in total. The quantitative estimate of drug-likeness (QED) is 0.793. The third-order valence-corrected chi connectivity index (χ3v) is 3.45. The van der Waals surface area contributed by atoms with E-state index in [1.807, 2.05) is 37.3 Å². The van der Waals surface area contributed by atoms with E-state index >= 15 is 0 Å². The van der Waals surface area contributed by atoms with Gasteiger partial charge in [-0.2, -0.15) is 0 Å². The number of nitrogens with zero attached hydrogens (tertiary/aromatic N) is 2. The molecule has 6 heteroatoms. The third kappa shape index (κ3) is 3.12. The molecule has 0 saturated carbocycles. The van der Waals surface area contributed by atoms with Gasteiger partial charge in [-0.3, -0.25) is 4.79 Å². The smallest absolute Gasteiger partial charge is 0.293 e. The third-order valence-electron chi connectivity index (χ3n) is 3.45. The molecule has 0 aliphatic carbocycles. The summed E-state index contributed by atoms with van der Waals surface area (Å²) >= 11 is 0. The number of aromatic nitrogens is 2. The van der Waals surface area contributed by atoms with Gasteiger partial charge in [-0.05, 0) is 37.6 Å². The maximum atomic E-state index is 12.5. The lowest BCUT2D eigenvalue weighted by molar-refractivity contribution is 0.0996. The number of oxazole rings is 1. The Morgan fingerprint density at radius 1 is 1.21 bits per heavy atom. The van der Waals surface area contributed by atoms with Gasteiger partial charge >= 0.3 is 0 Å². The minimum atomic E-state index is -0.395. The summed E-state index contributed by atoms with van der Waals surface area (Å²) < 4.78 is 10.8. The number of carbonyl (C=O) groups is 1. The molecule has 1 N–H and O–H groups in total. The van der Waals surface area contributed by atoms with Gasteiger partial charge in [0.05, 0.1) is 12.8 Å². The Labute approximate surface area is 139 Å². The molecule has 0 bridgehead atoms. The highest BCUT2D eigenvalue weighted by molar-refractivity contribution is 6.03. The highest BCUT2D eigenvalue weighted by atomic mass is 16.5. The van der Waals surface area contributed by atoms with Gasteiger partial charge in [-0.1, -0.05) is 18.2 Å². The average Bonchev–Trinajstić information content (AvgIpc) is 2.98. The lowest BCUT2D eigenvalue weighted by atomic mass is 10.2. The first-order valence-electron chi connectivity index (χ1n) is 7.43. The van der Waals surface area contributed by atoms with Crippen molar-refractivity contribution in [2.24, 2.45) is 0 Å². The number of benzene rings is 1. The second kappa shape index (κ2) is 6.54. The molecule has 3 aromatic rings. The largest absolute Gasteiger partial charge is 0.480 e. The first-order valence-corrected chi connectivity index (χ1v) is 7.43. The fraction of sp³-hybridized carbons (Fsp3) is 0.167. The maximum Gasteiger partial charge on any atom is 0.293 e. The van der Waals surface area contributed by atoms with Gasteiger partial charge in [0.15, 0.2) is 0 Å². The molecule has 0 radical (unpaired) electrons. The lowest BCUT2D eigenvalue weighted by Crippen LogP contribution is -2.13. The van der Waals surface area contributed by atoms with Crippen molar-refractivity contribution in [1.29, 1.82) is 0 Å². The molecule has 0 saturated heterocycles. The van der Waals surface area contributed by atoms with Crippen molar-refractivity contribution in [2.45, 2.75) is 13.8 Å².